The summed E-state index contributed by atoms with van der Waals surface area (Å²) in [6, 6.07) is 0. The molecule has 4 aliphatic rings. The predicted octanol–water partition coefficient (Wildman–Crippen LogP) is 0.620. The molecule has 7 heteroatoms. The van der Waals surface area contributed by atoms with Gasteiger partial charge in [0.05, 0.1) is 12.2 Å². The standard InChI is InChI=1S/C21H27FO6/c1-18-6-5-12(24)7-11(18)3-4-13-14-8-15(25)21(28,17(27)10-23)19(14,2)9-16(26)20(13,18)22/h5-7,13-16,23,25-26,28H,3-4,8-10H2,1-2H3/t13?,14?,15-,16?,18+,19+,20+,21+/m1/s1. The Balaban J connectivity index is 1.84. The molecule has 0 aromatic rings. The van der Waals surface area contributed by atoms with Crippen molar-refractivity contribution in [2.75, 3.05) is 6.61 Å². The summed E-state index contributed by atoms with van der Waals surface area (Å²) < 4.78 is 16.8. The molecule has 0 heterocycles. The van der Waals surface area contributed by atoms with E-state index in [4.69, 9.17) is 0 Å². The molecule has 0 bridgehead atoms. The minimum absolute atomic E-state index is 0.0135. The van der Waals surface area contributed by atoms with E-state index in [1.54, 1.807) is 13.8 Å². The van der Waals surface area contributed by atoms with Crippen LogP contribution in [-0.2, 0) is 9.59 Å². The molecule has 0 aromatic carbocycles. The maximum Gasteiger partial charge on any atom is 0.192 e. The number of hydrogen-bond donors (Lipinski definition) is 4. The second-order valence-corrected chi connectivity index (χ2v) is 9.36. The molecule has 154 valence electrons. The molecule has 4 N–H and O–H groups in total. The molecule has 3 unspecified atom stereocenters. The average molecular weight is 394 g/mol. The van der Waals surface area contributed by atoms with Crippen LogP contribution in [0.5, 0.6) is 0 Å². The minimum atomic E-state index is -2.23. The third kappa shape index (κ3) is 2.01. The highest BCUT2D eigenvalue weighted by Crippen LogP contribution is 2.69. The van der Waals surface area contributed by atoms with E-state index in [1.165, 1.54) is 18.2 Å². The van der Waals surface area contributed by atoms with E-state index in [0.717, 1.165) is 0 Å². The van der Waals surface area contributed by atoms with Crippen molar-refractivity contribution in [3.63, 3.8) is 0 Å². The van der Waals surface area contributed by atoms with Gasteiger partial charge in [0.2, 0.25) is 0 Å². The summed E-state index contributed by atoms with van der Waals surface area (Å²) in [5, 5.41) is 42.1. The molecule has 0 aliphatic heterocycles. The van der Waals surface area contributed by atoms with Gasteiger partial charge in [-0.05, 0) is 50.7 Å². The number of halogens is 1. The lowest BCUT2D eigenvalue weighted by atomic mass is 9.44. The van der Waals surface area contributed by atoms with Crippen LogP contribution in [0.15, 0.2) is 23.8 Å². The van der Waals surface area contributed by atoms with Crippen LogP contribution in [0.2, 0.25) is 0 Å². The summed E-state index contributed by atoms with van der Waals surface area (Å²) in [6.07, 6.45) is 1.93. The number of fused-ring (bicyclic) bond motifs is 5. The van der Waals surface area contributed by atoms with E-state index < -0.39 is 58.5 Å². The summed E-state index contributed by atoms with van der Waals surface area (Å²) in [4.78, 5) is 24.2. The van der Waals surface area contributed by atoms with Gasteiger partial charge in [0, 0.05) is 16.7 Å². The molecular weight excluding hydrogens is 367 g/mol. The topological polar surface area (TPSA) is 115 Å². The summed E-state index contributed by atoms with van der Waals surface area (Å²) in [5.41, 5.74) is -6.12. The Kier molecular flexibility index (Phi) is 4.13. The summed E-state index contributed by atoms with van der Waals surface area (Å²) in [6.45, 7) is 2.33. The Bertz CT molecular complexity index is 807. The van der Waals surface area contributed by atoms with Crippen molar-refractivity contribution >= 4 is 11.6 Å². The van der Waals surface area contributed by atoms with Crippen LogP contribution >= 0.6 is 0 Å². The van der Waals surface area contributed by atoms with E-state index in [-0.39, 0.29) is 18.6 Å². The Morgan fingerprint density at radius 3 is 2.57 bits per heavy atom. The second kappa shape index (κ2) is 5.81. The molecule has 0 spiro atoms. The molecule has 4 aliphatic carbocycles. The fourth-order valence-corrected chi connectivity index (χ4v) is 6.85. The number of carbonyl (C=O) groups excluding carboxylic acids is 2. The molecule has 0 radical (unpaired) electrons. The first-order valence-electron chi connectivity index (χ1n) is 9.82. The third-order valence-corrected chi connectivity index (χ3v) is 8.43. The Morgan fingerprint density at radius 1 is 1.25 bits per heavy atom. The Morgan fingerprint density at radius 2 is 1.93 bits per heavy atom. The van der Waals surface area contributed by atoms with Gasteiger partial charge in [-0.15, -0.1) is 0 Å². The molecular formula is C21H27FO6. The second-order valence-electron chi connectivity index (χ2n) is 9.36. The molecule has 4 rings (SSSR count). The largest absolute Gasteiger partial charge is 0.390 e. The first kappa shape index (κ1) is 19.9. The molecule has 8 atom stereocenters. The molecule has 0 saturated heterocycles. The molecule has 6 nitrogen and oxygen atoms in total. The van der Waals surface area contributed by atoms with E-state index in [2.05, 4.69) is 0 Å². The van der Waals surface area contributed by atoms with E-state index in [0.29, 0.717) is 18.4 Å². The lowest BCUT2D eigenvalue weighted by Gasteiger charge is -2.62. The lowest BCUT2D eigenvalue weighted by molar-refractivity contribution is -0.222. The summed E-state index contributed by atoms with van der Waals surface area (Å²) in [5.74, 6) is -2.38. The normalized spacial score (nSPS) is 52.5. The number of Topliss-reactive ketones (excluding diaryl/α,β-unsaturated/α-hetero) is 1. The van der Waals surface area contributed by atoms with Crippen LogP contribution in [-0.4, -0.2) is 62.1 Å². The van der Waals surface area contributed by atoms with Crippen molar-refractivity contribution in [3.8, 4) is 0 Å². The zero-order chi connectivity index (χ0) is 20.7. The molecule has 0 amide bonds. The van der Waals surface area contributed by atoms with Crippen molar-refractivity contribution in [1.29, 1.82) is 0 Å². The number of rotatable bonds is 2. The van der Waals surface area contributed by atoms with Crippen molar-refractivity contribution in [2.24, 2.45) is 22.7 Å². The highest BCUT2D eigenvalue weighted by atomic mass is 19.1. The van der Waals surface area contributed by atoms with Gasteiger partial charge in [-0.3, -0.25) is 9.59 Å². The molecule has 3 fully saturated rings. The summed E-state index contributed by atoms with van der Waals surface area (Å²) in [7, 11) is 0. The number of carbonyl (C=O) groups is 2. The number of alkyl halides is 1. The van der Waals surface area contributed by atoms with E-state index in [1.807, 2.05) is 0 Å². The number of aliphatic hydroxyl groups excluding tert-OH is 3. The monoisotopic (exact) mass is 394 g/mol. The van der Waals surface area contributed by atoms with Gasteiger partial charge in [0.15, 0.2) is 22.8 Å². The van der Waals surface area contributed by atoms with Gasteiger partial charge >= 0.3 is 0 Å². The lowest BCUT2D eigenvalue weighted by Crippen LogP contribution is -2.69. The van der Waals surface area contributed by atoms with Crippen LogP contribution in [0.3, 0.4) is 0 Å². The number of aliphatic hydroxyl groups is 4. The Labute approximate surface area is 162 Å². The molecule has 28 heavy (non-hydrogen) atoms. The fourth-order valence-electron chi connectivity index (χ4n) is 6.85. The number of hydrogen-bond acceptors (Lipinski definition) is 6. The van der Waals surface area contributed by atoms with Gasteiger partial charge in [0.1, 0.15) is 6.61 Å². The molecule has 3 saturated carbocycles. The van der Waals surface area contributed by atoms with Crippen molar-refractivity contribution in [3.05, 3.63) is 23.8 Å². The van der Waals surface area contributed by atoms with Crippen LogP contribution in [0.4, 0.5) is 4.39 Å². The average Bonchev–Trinajstić information content (AvgIpc) is 2.84. The smallest absolute Gasteiger partial charge is 0.192 e. The highest BCUT2D eigenvalue weighted by Gasteiger charge is 2.76. The summed E-state index contributed by atoms with van der Waals surface area (Å²) >= 11 is 0. The van der Waals surface area contributed by atoms with Crippen LogP contribution in [0.25, 0.3) is 0 Å². The van der Waals surface area contributed by atoms with Crippen LogP contribution < -0.4 is 0 Å². The van der Waals surface area contributed by atoms with E-state index in [9.17, 15) is 30.0 Å². The predicted molar refractivity (Wildman–Crippen MR) is 96.8 cm³/mol. The third-order valence-electron chi connectivity index (χ3n) is 8.43. The SMILES string of the molecule is C[C@]12C=CC(=O)C=C1CCC1C3C[C@@H](O)[C@](O)(C(=O)CO)[C@@]3(C)CC(O)[C@@]12F. The number of allylic oxidation sites excluding steroid dienone is 4. The van der Waals surface area contributed by atoms with Gasteiger partial charge in [-0.1, -0.05) is 18.6 Å². The maximum atomic E-state index is 16.8. The van der Waals surface area contributed by atoms with Gasteiger partial charge in [-0.25, -0.2) is 4.39 Å². The van der Waals surface area contributed by atoms with Crippen LogP contribution in [0, 0.1) is 22.7 Å². The maximum absolute atomic E-state index is 16.8. The van der Waals surface area contributed by atoms with Crippen molar-refractivity contribution in [1.82, 2.24) is 0 Å². The first-order valence-corrected chi connectivity index (χ1v) is 9.82. The van der Waals surface area contributed by atoms with Gasteiger partial charge < -0.3 is 20.4 Å². The van der Waals surface area contributed by atoms with Crippen molar-refractivity contribution < 1.29 is 34.4 Å². The van der Waals surface area contributed by atoms with E-state index >= 15 is 4.39 Å². The van der Waals surface area contributed by atoms with Crippen molar-refractivity contribution in [2.45, 2.75) is 63.0 Å². The highest BCUT2D eigenvalue weighted by molar-refractivity contribution is 6.01. The van der Waals surface area contributed by atoms with Gasteiger partial charge in [0.25, 0.3) is 0 Å². The number of ketones is 2. The first-order chi connectivity index (χ1) is 13.0. The zero-order valence-electron chi connectivity index (χ0n) is 16.1. The fraction of sp³-hybridized carbons (Fsp3) is 0.714. The zero-order valence-corrected chi connectivity index (χ0v) is 16.1. The quantitative estimate of drug-likeness (QED) is 0.546. The van der Waals surface area contributed by atoms with Gasteiger partial charge in [-0.2, -0.15) is 0 Å². The molecule has 0 aromatic heterocycles. The Hall–Kier alpha value is -1.41. The minimum Gasteiger partial charge on any atom is -0.390 e. The van der Waals surface area contributed by atoms with Crippen LogP contribution in [0.1, 0.15) is 39.5 Å².